The van der Waals surface area contributed by atoms with Crippen molar-refractivity contribution in [3.8, 4) is 0 Å². The molecule has 8 heteroatoms. The molecule has 0 amide bonds. The van der Waals surface area contributed by atoms with Crippen molar-refractivity contribution in [1.82, 2.24) is 15.2 Å². The number of thioether (sulfide) groups is 1. The van der Waals surface area contributed by atoms with Crippen molar-refractivity contribution >= 4 is 39.6 Å². The molecule has 0 saturated carbocycles. The molecular weight excluding hydrogens is 312 g/mol. The summed E-state index contributed by atoms with van der Waals surface area (Å²) >= 11 is 4.92. The Morgan fingerprint density at radius 1 is 1.40 bits per heavy atom. The second kappa shape index (κ2) is 7.35. The highest BCUT2D eigenvalue weighted by atomic mass is 32.2. The fraction of sp³-hybridized carbons (Fsp3) is 0.583. The highest BCUT2D eigenvalue weighted by Gasteiger charge is 2.12. The summed E-state index contributed by atoms with van der Waals surface area (Å²) in [5, 5.41) is 12.3. The van der Waals surface area contributed by atoms with Crippen molar-refractivity contribution in [2.24, 2.45) is 0 Å². The number of hydrogen-bond acceptors (Lipinski definition) is 8. The third-order valence-corrected chi connectivity index (χ3v) is 5.77. The van der Waals surface area contributed by atoms with Gasteiger partial charge in [-0.2, -0.15) is 0 Å². The summed E-state index contributed by atoms with van der Waals surface area (Å²) in [6.45, 7) is 4.74. The second-order valence-electron chi connectivity index (χ2n) is 4.31. The molecule has 0 aliphatic heterocycles. The molecule has 0 radical (unpaired) electrons. The number of rotatable bonds is 7. The zero-order valence-electron chi connectivity index (χ0n) is 12.0. The summed E-state index contributed by atoms with van der Waals surface area (Å²) in [6.07, 6.45) is 0.0747. The van der Waals surface area contributed by atoms with Gasteiger partial charge in [0.2, 0.25) is 5.13 Å². The van der Waals surface area contributed by atoms with Crippen molar-refractivity contribution in [2.75, 3.05) is 25.6 Å². The van der Waals surface area contributed by atoms with Crippen molar-refractivity contribution in [3.05, 3.63) is 16.1 Å². The fourth-order valence-corrected chi connectivity index (χ4v) is 4.06. The van der Waals surface area contributed by atoms with E-state index < -0.39 is 0 Å². The van der Waals surface area contributed by atoms with E-state index in [0.29, 0.717) is 6.61 Å². The molecule has 110 valence electrons. The molecule has 0 aromatic carbocycles. The summed E-state index contributed by atoms with van der Waals surface area (Å²) in [5.74, 6) is 0.817. The van der Waals surface area contributed by atoms with E-state index >= 15 is 0 Å². The monoisotopic (exact) mass is 330 g/mol. The highest BCUT2D eigenvalue weighted by molar-refractivity contribution is 8.00. The maximum Gasteiger partial charge on any atom is 0.208 e. The lowest BCUT2D eigenvalue weighted by molar-refractivity contribution is 0.0761. The molecule has 2 rings (SSSR count). The lowest BCUT2D eigenvalue weighted by atomic mass is 10.4. The van der Waals surface area contributed by atoms with E-state index in [9.17, 15) is 0 Å². The number of hydrogen-bond donors (Lipinski definition) is 0. The van der Waals surface area contributed by atoms with Crippen molar-refractivity contribution in [2.45, 2.75) is 30.0 Å². The van der Waals surface area contributed by atoms with Gasteiger partial charge >= 0.3 is 0 Å². The van der Waals surface area contributed by atoms with Crippen LogP contribution in [0.25, 0.3) is 0 Å². The largest absolute Gasteiger partial charge is 0.372 e. The first-order chi connectivity index (χ1) is 9.60. The average molecular weight is 331 g/mol. The summed E-state index contributed by atoms with van der Waals surface area (Å²) in [4.78, 5) is 6.57. The molecule has 2 aromatic heterocycles. The highest BCUT2D eigenvalue weighted by Crippen LogP contribution is 2.30. The van der Waals surface area contributed by atoms with Crippen LogP contribution in [0.15, 0.2) is 9.72 Å². The van der Waals surface area contributed by atoms with Crippen LogP contribution in [0.1, 0.15) is 30.7 Å². The molecule has 5 nitrogen and oxygen atoms in total. The lowest BCUT2D eigenvalue weighted by Gasteiger charge is -2.06. The minimum atomic E-state index is 0.0747. The quantitative estimate of drug-likeness (QED) is 0.725. The van der Waals surface area contributed by atoms with E-state index in [4.69, 9.17) is 4.74 Å². The van der Waals surface area contributed by atoms with Crippen molar-refractivity contribution in [1.29, 1.82) is 0 Å². The van der Waals surface area contributed by atoms with Gasteiger partial charge in [-0.1, -0.05) is 23.1 Å². The Balaban J connectivity index is 1.90. The molecule has 2 aromatic rings. The van der Waals surface area contributed by atoms with Gasteiger partial charge in [0.1, 0.15) is 11.1 Å². The molecule has 0 unspecified atom stereocenters. The summed E-state index contributed by atoms with van der Waals surface area (Å²) in [6, 6.07) is 0. The van der Waals surface area contributed by atoms with Gasteiger partial charge in [-0.15, -0.1) is 21.5 Å². The van der Waals surface area contributed by atoms with Crippen molar-refractivity contribution in [3.63, 3.8) is 0 Å². The maximum atomic E-state index is 5.55. The predicted molar refractivity (Wildman–Crippen MR) is 86.0 cm³/mol. The third kappa shape index (κ3) is 4.15. The molecule has 0 saturated heterocycles. The van der Waals surface area contributed by atoms with Gasteiger partial charge in [0.05, 0.1) is 5.69 Å². The summed E-state index contributed by atoms with van der Waals surface area (Å²) in [7, 11) is 3.94. The normalized spacial score (nSPS) is 12.6. The first-order valence-corrected chi connectivity index (χ1v) is 8.97. The van der Waals surface area contributed by atoms with Gasteiger partial charge in [0, 0.05) is 31.8 Å². The molecule has 0 spiro atoms. The van der Waals surface area contributed by atoms with Gasteiger partial charge in [-0.3, -0.25) is 0 Å². The van der Waals surface area contributed by atoms with Gasteiger partial charge < -0.3 is 9.64 Å². The Labute approximate surface area is 131 Å². The van der Waals surface area contributed by atoms with Gasteiger partial charge in [0.15, 0.2) is 4.34 Å². The standard InChI is InChI=1S/C12H18N4OS3/c1-5-17-8(2)10-13-9(6-18-10)7-19-12-15-14-11(20-12)16(3)4/h6,8H,5,7H2,1-4H3/t8-/m1/s1. The Bertz CT molecular complexity index is 540. The number of anilines is 1. The van der Waals surface area contributed by atoms with Crippen LogP contribution >= 0.6 is 34.4 Å². The van der Waals surface area contributed by atoms with Crippen LogP contribution in [0.4, 0.5) is 5.13 Å². The van der Waals surface area contributed by atoms with E-state index in [0.717, 1.165) is 25.9 Å². The van der Waals surface area contributed by atoms with Gasteiger partial charge in [-0.25, -0.2) is 4.98 Å². The lowest BCUT2D eigenvalue weighted by Crippen LogP contribution is -2.07. The van der Waals surface area contributed by atoms with Gasteiger partial charge in [-0.05, 0) is 13.8 Å². The maximum absolute atomic E-state index is 5.55. The smallest absolute Gasteiger partial charge is 0.208 e. The Morgan fingerprint density at radius 2 is 2.20 bits per heavy atom. The van der Waals surface area contributed by atoms with Crippen LogP contribution in [-0.2, 0) is 10.5 Å². The molecule has 20 heavy (non-hydrogen) atoms. The minimum Gasteiger partial charge on any atom is -0.372 e. The SMILES string of the molecule is CCO[C@H](C)c1nc(CSc2nnc(N(C)C)s2)cs1. The summed E-state index contributed by atoms with van der Waals surface area (Å²) < 4.78 is 6.52. The van der Waals surface area contributed by atoms with Gasteiger partial charge in [0.25, 0.3) is 0 Å². The Kier molecular flexibility index (Phi) is 5.76. The first kappa shape index (κ1) is 15.7. The molecule has 0 aliphatic rings. The molecule has 2 heterocycles. The van der Waals surface area contributed by atoms with Crippen LogP contribution in [0, 0.1) is 0 Å². The van der Waals surface area contributed by atoms with Crippen LogP contribution < -0.4 is 4.90 Å². The van der Waals surface area contributed by atoms with E-state index in [1.165, 1.54) is 0 Å². The topological polar surface area (TPSA) is 51.1 Å². The molecule has 0 N–H and O–H groups in total. The van der Waals surface area contributed by atoms with Crippen LogP contribution in [0.5, 0.6) is 0 Å². The zero-order chi connectivity index (χ0) is 14.5. The van der Waals surface area contributed by atoms with Crippen LogP contribution in [0.3, 0.4) is 0 Å². The minimum absolute atomic E-state index is 0.0747. The third-order valence-electron chi connectivity index (χ3n) is 2.46. The average Bonchev–Trinajstić information content (AvgIpc) is 3.06. The van der Waals surface area contributed by atoms with E-state index in [-0.39, 0.29) is 6.10 Å². The molecule has 0 fully saturated rings. The number of ether oxygens (including phenoxy) is 1. The van der Waals surface area contributed by atoms with E-state index in [1.54, 1.807) is 34.4 Å². The molecule has 0 bridgehead atoms. The fourth-order valence-electron chi connectivity index (χ4n) is 1.47. The van der Waals surface area contributed by atoms with Crippen LogP contribution in [0.2, 0.25) is 0 Å². The molecular formula is C12H18N4OS3. The van der Waals surface area contributed by atoms with E-state index in [2.05, 4.69) is 20.6 Å². The summed E-state index contributed by atoms with van der Waals surface area (Å²) in [5.41, 5.74) is 1.07. The van der Waals surface area contributed by atoms with Crippen LogP contribution in [-0.4, -0.2) is 35.9 Å². The number of thiazole rings is 1. The predicted octanol–water partition coefficient (Wildman–Crippen LogP) is 3.45. The second-order valence-corrected chi connectivity index (χ2v) is 7.38. The first-order valence-electron chi connectivity index (χ1n) is 6.29. The number of nitrogens with zero attached hydrogens (tertiary/aromatic N) is 4. The molecule has 0 aliphatic carbocycles. The molecule has 1 atom stereocenters. The Morgan fingerprint density at radius 3 is 2.85 bits per heavy atom. The van der Waals surface area contributed by atoms with Crippen molar-refractivity contribution < 1.29 is 4.74 Å². The zero-order valence-corrected chi connectivity index (χ0v) is 14.4. The van der Waals surface area contributed by atoms with E-state index in [1.807, 2.05) is 32.8 Å². The Hall–Kier alpha value is -0.700. The number of aromatic nitrogens is 3.